The van der Waals surface area contributed by atoms with Gasteiger partial charge >= 0.3 is 0 Å². The highest BCUT2D eigenvalue weighted by Gasteiger charge is 2.50. The van der Waals surface area contributed by atoms with Gasteiger partial charge < -0.3 is 9.84 Å². The largest absolute Gasteiger partial charge is 0.339 e. The van der Waals surface area contributed by atoms with Gasteiger partial charge in [-0.15, -0.1) is 0 Å². The summed E-state index contributed by atoms with van der Waals surface area (Å²) in [5.74, 6) is 5.24. The number of hydrogen-bond donors (Lipinski definition) is 1. The molecule has 0 aliphatic heterocycles. The van der Waals surface area contributed by atoms with Crippen molar-refractivity contribution in [3.63, 3.8) is 0 Å². The van der Waals surface area contributed by atoms with Crippen LogP contribution in [0.5, 0.6) is 0 Å². The van der Waals surface area contributed by atoms with Crippen LogP contribution in [0.15, 0.2) is 4.52 Å². The van der Waals surface area contributed by atoms with E-state index in [0.717, 1.165) is 36.0 Å². The Labute approximate surface area is 132 Å². The quantitative estimate of drug-likeness (QED) is 0.919. The number of rotatable bonds is 4. The third-order valence-corrected chi connectivity index (χ3v) is 6.85. The summed E-state index contributed by atoms with van der Waals surface area (Å²) in [7, 11) is 0. The van der Waals surface area contributed by atoms with Gasteiger partial charge in [-0.2, -0.15) is 4.98 Å². The Morgan fingerprint density at radius 2 is 1.64 bits per heavy atom. The van der Waals surface area contributed by atoms with E-state index in [1.165, 1.54) is 64.2 Å². The third kappa shape index (κ3) is 2.31. The van der Waals surface area contributed by atoms with Crippen molar-refractivity contribution < 1.29 is 4.52 Å². The van der Waals surface area contributed by atoms with Crippen LogP contribution in [0.1, 0.15) is 81.8 Å². The summed E-state index contributed by atoms with van der Waals surface area (Å²) in [6.07, 6.45) is 13.7. The zero-order chi connectivity index (χ0) is 14.6. The highest BCUT2D eigenvalue weighted by Crippen LogP contribution is 2.55. The monoisotopic (exact) mass is 301 g/mol. The van der Waals surface area contributed by atoms with Crippen LogP contribution >= 0.6 is 0 Å². The van der Waals surface area contributed by atoms with Crippen LogP contribution in [0, 0.1) is 17.8 Å². The molecule has 1 N–H and O–H groups in total. The smallest absolute Gasteiger partial charge is 0.229 e. The summed E-state index contributed by atoms with van der Waals surface area (Å²) in [4.78, 5) is 4.67. The van der Waals surface area contributed by atoms with Gasteiger partial charge in [0.2, 0.25) is 5.89 Å². The molecular formula is C18H27N3O. The minimum absolute atomic E-state index is 0.392. The first kappa shape index (κ1) is 13.5. The maximum absolute atomic E-state index is 5.52. The van der Waals surface area contributed by atoms with Crippen LogP contribution in [0.3, 0.4) is 0 Å². The molecule has 0 spiro atoms. The highest BCUT2D eigenvalue weighted by molar-refractivity contribution is 5.07. The molecule has 1 heterocycles. The number of nitrogens with one attached hydrogen (secondary N) is 1. The van der Waals surface area contributed by atoms with Crippen LogP contribution in [0.2, 0.25) is 0 Å². The van der Waals surface area contributed by atoms with E-state index in [1.54, 1.807) is 0 Å². The molecule has 5 aliphatic carbocycles. The van der Waals surface area contributed by atoms with Crippen molar-refractivity contribution in [2.24, 2.45) is 17.8 Å². The van der Waals surface area contributed by atoms with E-state index in [9.17, 15) is 0 Å². The Morgan fingerprint density at radius 1 is 1.00 bits per heavy atom. The topological polar surface area (TPSA) is 51.0 Å². The summed E-state index contributed by atoms with van der Waals surface area (Å²) in [5.41, 5.74) is 0.392. The molecule has 120 valence electrons. The Balaban J connectivity index is 1.25. The lowest BCUT2D eigenvalue weighted by Crippen LogP contribution is -2.58. The molecule has 22 heavy (non-hydrogen) atoms. The molecule has 0 amide bonds. The van der Waals surface area contributed by atoms with Crippen molar-refractivity contribution in [3.8, 4) is 0 Å². The Morgan fingerprint density at radius 3 is 2.27 bits per heavy atom. The van der Waals surface area contributed by atoms with Crippen LogP contribution in [-0.2, 0) is 6.54 Å². The van der Waals surface area contributed by atoms with Gasteiger partial charge in [-0.1, -0.05) is 18.0 Å². The second-order valence-electron chi connectivity index (χ2n) is 8.58. The minimum Gasteiger partial charge on any atom is -0.339 e. The Hall–Kier alpha value is -0.900. The molecule has 4 bridgehead atoms. The molecule has 0 unspecified atom stereocenters. The molecule has 0 radical (unpaired) electrons. The van der Waals surface area contributed by atoms with Crippen molar-refractivity contribution in [2.45, 2.75) is 82.2 Å². The molecule has 4 nitrogen and oxygen atoms in total. The average Bonchev–Trinajstić information content (AvgIpc) is 3.15. The van der Waals surface area contributed by atoms with E-state index in [4.69, 9.17) is 4.52 Å². The SMILES string of the molecule is C1CCC(c2nc(CNC34CC5CC(CC(C5)C3)C4)no2)C1. The van der Waals surface area contributed by atoms with Crippen molar-refractivity contribution in [1.29, 1.82) is 0 Å². The summed E-state index contributed by atoms with van der Waals surface area (Å²) >= 11 is 0. The number of aromatic nitrogens is 2. The fraction of sp³-hybridized carbons (Fsp3) is 0.889. The molecular weight excluding hydrogens is 274 g/mol. The summed E-state index contributed by atoms with van der Waals surface area (Å²) in [6, 6.07) is 0. The molecule has 5 saturated carbocycles. The van der Waals surface area contributed by atoms with Crippen molar-refractivity contribution in [2.75, 3.05) is 0 Å². The van der Waals surface area contributed by atoms with Gasteiger partial charge in [-0.3, -0.25) is 0 Å². The molecule has 4 heteroatoms. The van der Waals surface area contributed by atoms with Gasteiger partial charge in [0.1, 0.15) is 0 Å². The molecule has 0 saturated heterocycles. The lowest BCUT2D eigenvalue weighted by molar-refractivity contribution is -0.0209. The maximum Gasteiger partial charge on any atom is 0.229 e. The van der Waals surface area contributed by atoms with Gasteiger partial charge in [0, 0.05) is 11.5 Å². The third-order valence-electron chi connectivity index (χ3n) is 6.85. The second kappa shape index (κ2) is 5.05. The lowest BCUT2D eigenvalue weighted by Gasteiger charge is -2.57. The van der Waals surface area contributed by atoms with Gasteiger partial charge in [-0.25, -0.2) is 0 Å². The predicted octanol–water partition coefficient (Wildman–Crippen LogP) is 3.79. The molecule has 1 aromatic rings. The predicted molar refractivity (Wildman–Crippen MR) is 83.2 cm³/mol. The van der Waals surface area contributed by atoms with Gasteiger partial charge in [0.05, 0.1) is 6.54 Å². The molecule has 0 atom stereocenters. The first-order valence-corrected chi connectivity index (χ1v) is 9.35. The lowest BCUT2D eigenvalue weighted by atomic mass is 9.53. The first-order valence-electron chi connectivity index (χ1n) is 9.35. The number of nitrogens with zero attached hydrogens (tertiary/aromatic N) is 2. The highest BCUT2D eigenvalue weighted by atomic mass is 16.5. The van der Waals surface area contributed by atoms with Gasteiger partial charge in [0.25, 0.3) is 0 Å². The fourth-order valence-electron chi connectivity index (χ4n) is 6.27. The fourth-order valence-corrected chi connectivity index (χ4v) is 6.27. The Bertz CT molecular complexity index is 511. The average molecular weight is 301 g/mol. The van der Waals surface area contributed by atoms with E-state index in [0.29, 0.717) is 11.5 Å². The molecule has 5 aliphatic rings. The van der Waals surface area contributed by atoms with E-state index >= 15 is 0 Å². The van der Waals surface area contributed by atoms with Gasteiger partial charge in [-0.05, 0) is 69.1 Å². The van der Waals surface area contributed by atoms with Crippen LogP contribution in [-0.4, -0.2) is 15.7 Å². The standard InChI is InChI=1S/C18H27N3O/c1-2-4-15(3-1)17-20-16(21-22-17)11-19-18-8-12-5-13(9-18)7-14(6-12)10-18/h12-15,19H,1-11H2. The molecule has 5 fully saturated rings. The molecule has 0 aromatic carbocycles. The van der Waals surface area contributed by atoms with E-state index < -0.39 is 0 Å². The summed E-state index contributed by atoms with van der Waals surface area (Å²) in [5, 5.41) is 8.09. The van der Waals surface area contributed by atoms with Crippen LogP contribution in [0.4, 0.5) is 0 Å². The van der Waals surface area contributed by atoms with E-state index in [2.05, 4.69) is 15.5 Å². The van der Waals surface area contributed by atoms with Gasteiger partial charge in [0.15, 0.2) is 5.82 Å². The van der Waals surface area contributed by atoms with Crippen molar-refractivity contribution in [3.05, 3.63) is 11.7 Å². The first-order chi connectivity index (χ1) is 10.8. The normalized spacial score (nSPS) is 40.6. The van der Waals surface area contributed by atoms with Crippen molar-refractivity contribution >= 4 is 0 Å². The van der Waals surface area contributed by atoms with Crippen LogP contribution < -0.4 is 5.32 Å². The van der Waals surface area contributed by atoms with Crippen molar-refractivity contribution in [1.82, 2.24) is 15.5 Å². The number of hydrogen-bond acceptors (Lipinski definition) is 4. The van der Waals surface area contributed by atoms with E-state index in [-0.39, 0.29) is 0 Å². The minimum atomic E-state index is 0.392. The molecule has 6 rings (SSSR count). The Kier molecular flexibility index (Phi) is 3.11. The molecule has 1 aromatic heterocycles. The van der Waals surface area contributed by atoms with E-state index in [1.807, 2.05) is 0 Å². The summed E-state index contributed by atoms with van der Waals surface area (Å²) in [6.45, 7) is 0.794. The zero-order valence-electron chi connectivity index (χ0n) is 13.4. The zero-order valence-corrected chi connectivity index (χ0v) is 13.4. The maximum atomic E-state index is 5.52. The second-order valence-corrected chi connectivity index (χ2v) is 8.58. The van der Waals surface area contributed by atoms with Crippen LogP contribution in [0.25, 0.3) is 0 Å². The summed E-state index contributed by atoms with van der Waals surface area (Å²) < 4.78 is 5.52.